The van der Waals surface area contributed by atoms with Crippen LogP contribution in [0.4, 0.5) is 4.39 Å². The Morgan fingerprint density at radius 2 is 2.17 bits per heavy atom. The van der Waals surface area contributed by atoms with Gasteiger partial charge in [-0.2, -0.15) is 17.0 Å². The summed E-state index contributed by atoms with van der Waals surface area (Å²) in [4.78, 5) is 11.3. The van der Waals surface area contributed by atoms with Crippen molar-refractivity contribution in [3.8, 4) is 0 Å². The minimum atomic E-state index is -4.03. The van der Waals surface area contributed by atoms with Gasteiger partial charge in [0.2, 0.25) is 0 Å². The Hall–Kier alpha value is -1.22. The van der Waals surface area contributed by atoms with E-state index in [2.05, 4.69) is 0 Å². The summed E-state index contributed by atoms with van der Waals surface area (Å²) in [5, 5.41) is 9.35. The van der Waals surface area contributed by atoms with Gasteiger partial charge in [-0.05, 0) is 31.4 Å². The van der Waals surface area contributed by atoms with Gasteiger partial charge >= 0.3 is 5.97 Å². The Morgan fingerprint density at radius 3 is 2.78 bits per heavy atom. The SMILES string of the molecule is CN(Cc1c(F)cccc1Cl)S(=O)(=O)N1CCCCC1C(=O)O. The fourth-order valence-electron chi connectivity index (χ4n) is 2.59. The van der Waals surface area contributed by atoms with E-state index in [9.17, 15) is 22.7 Å². The summed E-state index contributed by atoms with van der Waals surface area (Å²) in [6, 6.07) is 3.01. The summed E-state index contributed by atoms with van der Waals surface area (Å²) < 4.78 is 41.0. The van der Waals surface area contributed by atoms with Crippen molar-refractivity contribution < 1.29 is 22.7 Å². The van der Waals surface area contributed by atoms with Crippen molar-refractivity contribution in [2.45, 2.75) is 31.8 Å². The Kier molecular flexibility index (Phi) is 5.61. The number of hydrogen-bond donors (Lipinski definition) is 1. The molecule has 1 fully saturated rings. The van der Waals surface area contributed by atoms with E-state index in [4.69, 9.17) is 11.6 Å². The van der Waals surface area contributed by atoms with Crippen LogP contribution in [0.15, 0.2) is 18.2 Å². The van der Waals surface area contributed by atoms with Crippen molar-refractivity contribution in [1.82, 2.24) is 8.61 Å². The second kappa shape index (κ2) is 7.12. The van der Waals surface area contributed by atoms with Gasteiger partial charge in [0.15, 0.2) is 0 Å². The summed E-state index contributed by atoms with van der Waals surface area (Å²) in [7, 11) is -2.74. The number of hydrogen-bond acceptors (Lipinski definition) is 3. The van der Waals surface area contributed by atoms with E-state index in [0.29, 0.717) is 12.8 Å². The number of benzene rings is 1. The molecule has 1 aromatic carbocycles. The molecule has 2 rings (SSSR count). The van der Waals surface area contributed by atoms with Crippen molar-refractivity contribution >= 4 is 27.8 Å². The molecule has 1 aliphatic heterocycles. The monoisotopic (exact) mass is 364 g/mol. The lowest BCUT2D eigenvalue weighted by Crippen LogP contribution is -2.52. The number of rotatable bonds is 5. The Labute approximate surface area is 139 Å². The number of carboxylic acid groups (broad SMARTS) is 1. The lowest BCUT2D eigenvalue weighted by molar-refractivity contribution is -0.142. The van der Waals surface area contributed by atoms with Gasteiger partial charge in [0.25, 0.3) is 10.2 Å². The molecule has 1 N–H and O–H groups in total. The standard InChI is InChI=1S/C14H18ClFN2O4S/c1-17(9-10-11(15)5-4-6-12(10)16)23(21,22)18-8-3-2-7-13(18)14(19)20/h4-6,13H,2-3,7-9H2,1H3,(H,19,20). The first-order valence-electron chi connectivity index (χ1n) is 7.14. The van der Waals surface area contributed by atoms with E-state index in [-0.39, 0.29) is 30.1 Å². The van der Waals surface area contributed by atoms with Crippen molar-refractivity contribution in [1.29, 1.82) is 0 Å². The highest BCUT2D eigenvalue weighted by atomic mass is 35.5. The van der Waals surface area contributed by atoms with E-state index >= 15 is 0 Å². The first-order chi connectivity index (χ1) is 10.7. The summed E-state index contributed by atoms with van der Waals surface area (Å²) in [5.41, 5.74) is 0.0594. The zero-order valence-electron chi connectivity index (χ0n) is 12.6. The Bertz CT molecular complexity index is 678. The van der Waals surface area contributed by atoms with E-state index in [0.717, 1.165) is 8.61 Å². The fourth-order valence-corrected chi connectivity index (χ4v) is 4.34. The molecule has 128 valence electrons. The molecule has 1 aromatic rings. The van der Waals surface area contributed by atoms with Crippen LogP contribution in [-0.4, -0.2) is 47.7 Å². The van der Waals surface area contributed by atoms with Crippen LogP contribution in [0, 0.1) is 5.82 Å². The number of halogens is 2. The Balaban J connectivity index is 2.26. The number of carboxylic acids is 1. The highest BCUT2D eigenvalue weighted by Gasteiger charge is 2.39. The van der Waals surface area contributed by atoms with Gasteiger partial charge in [-0.15, -0.1) is 0 Å². The van der Waals surface area contributed by atoms with Crippen LogP contribution >= 0.6 is 11.6 Å². The van der Waals surface area contributed by atoms with E-state index < -0.39 is 28.0 Å². The average Bonchev–Trinajstić information content (AvgIpc) is 2.50. The van der Waals surface area contributed by atoms with Gasteiger partial charge in [-0.25, -0.2) is 4.39 Å². The molecule has 1 atom stereocenters. The molecule has 1 aliphatic rings. The van der Waals surface area contributed by atoms with E-state index in [1.807, 2.05) is 0 Å². The molecule has 9 heteroatoms. The first kappa shape index (κ1) is 18.1. The molecule has 1 heterocycles. The first-order valence-corrected chi connectivity index (χ1v) is 8.91. The molecule has 0 aromatic heterocycles. The van der Waals surface area contributed by atoms with Crippen molar-refractivity contribution in [3.63, 3.8) is 0 Å². The Morgan fingerprint density at radius 1 is 1.48 bits per heavy atom. The number of nitrogens with zero attached hydrogens (tertiary/aromatic N) is 2. The van der Waals surface area contributed by atoms with Gasteiger partial charge in [0.05, 0.1) is 0 Å². The third kappa shape index (κ3) is 3.82. The largest absolute Gasteiger partial charge is 0.480 e. The molecule has 1 unspecified atom stereocenters. The van der Waals surface area contributed by atoms with Gasteiger partial charge in [0.1, 0.15) is 11.9 Å². The molecule has 0 amide bonds. The molecular weight excluding hydrogens is 347 g/mol. The topological polar surface area (TPSA) is 77.9 Å². The van der Waals surface area contributed by atoms with E-state index in [1.54, 1.807) is 0 Å². The van der Waals surface area contributed by atoms with Crippen LogP contribution in [0.5, 0.6) is 0 Å². The molecule has 6 nitrogen and oxygen atoms in total. The maximum atomic E-state index is 13.8. The minimum Gasteiger partial charge on any atom is -0.480 e. The minimum absolute atomic E-state index is 0.0594. The number of aliphatic carboxylic acids is 1. The predicted molar refractivity (Wildman–Crippen MR) is 83.8 cm³/mol. The molecular formula is C14H18ClFN2O4S. The molecule has 0 spiro atoms. The summed E-state index contributed by atoms with van der Waals surface area (Å²) >= 11 is 5.92. The quantitative estimate of drug-likeness (QED) is 0.867. The zero-order chi connectivity index (χ0) is 17.2. The van der Waals surface area contributed by atoms with Crippen LogP contribution < -0.4 is 0 Å². The second-order valence-corrected chi connectivity index (χ2v) is 7.82. The van der Waals surface area contributed by atoms with Crippen LogP contribution in [-0.2, 0) is 21.5 Å². The summed E-state index contributed by atoms with van der Waals surface area (Å²) in [5.74, 6) is -1.78. The normalized spacial score (nSPS) is 19.9. The van der Waals surface area contributed by atoms with Crippen LogP contribution in [0.3, 0.4) is 0 Å². The van der Waals surface area contributed by atoms with Gasteiger partial charge in [-0.1, -0.05) is 17.7 Å². The third-order valence-corrected chi connectivity index (χ3v) is 6.17. The lowest BCUT2D eigenvalue weighted by atomic mass is 10.1. The summed E-state index contributed by atoms with van der Waals surface area (Å²) in [6.07, 6.45) is 1.52. The molecule has 0 bridgehead atoms. The van der Waals surface area contributed by atoms with Crippen molar-refractivity contribution in [2.75, 3.05) is 13.6 Å². The molecule has 0 radical (unpaired) electrons. The maximum Gasteiger partial charge on any atom is 0.322 e. The van der Waals surface area contributed by atoms with Crippen LogP contribution in [0.25, 0.3) is 0 Å². The fraction of sp³-hybridized carbons (Fsp3) is 0.500. The van der Waals surface area contributed by atoms with Crippen molar-refractivity contribution in [3.05, 3.63) is 34.6 Å². The number of piperidine rings is 1. The van der Waals surface area contributed by atoms with Crippen molar-refractivity contribution in [2.24, 2.45) is 0 Å². The smallest absolute Gasteiger partial charge is 0.322 e. The van der Waals surface area contributed by atoms with Crippen LogP contribution in [0.2, 0.25) is 5.02 Å². The van der Waals surface area contributed by atoms with Gasteiger partial charge in [0, 0.05) is 30.7 Å². The third-order valence-electron chi connectivity index (χ3n) is 3.87. The highest BCUT2D eigenvalue weighted by Crippen LogP contribution is 2.26. The van der Waals surface area contributed by atoms with E-state index in [1.165, 1.54) is 25.2 Å². The highest BCUT2D eigenvalue weighted by molar-refractivity contribution is 7.86. The molecule has 1 saturated heterocycles. The van der Waals surface area contributed by atoms with Gasteiger partial charge < -0.3 is 5.11 Å². The average molecular weight is 365 g/mol. The predicted octanol–water partition coefficient (Wildman–Crippen LogP) is 2.09. The molecule has 23 heavy (non-hydrogen) atoms. The van der Waals surface area contributed by atoms with Gasteiger partial charge in [-0.3, -0.25) is 4.79 Å². The number of carbonyl (C=O) groups is 1. The zero-order valence-corrected chi connectivity index (χ0v) is 14.1. The molecule has 0 saturated carbocycles. The molecule has 0 aliphatic carbocycles. The maximum absolute atomic E-state index is 13.8. The summed E-state index contributed by atoms with van der Waals surface area (Å²) in [6.45, 7) is -0.134. The second-order valence-electron chi connectivity index (χ2n) is 5.42. The lowest BCUT2D eigenvalue weighted by Gasteiger charge is -2.34. The van der Waals surface area contributed by atoms with Crippen LogP contribution in [0.1, 0.15) is 24.8 Å².